The van der Waals surface area contributed by atoms with Gasteiger partial charge in [-0.1, -0.05) is 23.7 Å². The standard InChI is InChI=1S/C26H27ClF5N5O3/c27-24-17(3-1-5-21(24)29)11-34-13-23(38)36-20(4-2-8-33-15-26(30,31)32)14-40-25(39)37-22-10-18-9-19(28)7-6-16(18)12-35-22/h1,3,5-7,9-10,12,20,33-34H,2,4,8,11,13-15H2,(H,36,38)(H,35,37,39)/t20-/m0/s1. The van der Waals surface area contributed by atoms with Gasteiger partial charge in [-0.3, -0.25) is 10.1 Å². The molecule has 0 aliphatic heterocycles. The van der Waals surface area contributed by atoms with Gasteiger partial charge in [-0.15, -0.1) is 0 Å². The zero-order valence-electron chi connectivity index (χ0n) is 21.1. The van der Waals surface area contributed by atoms with E-state index in [4.69, 9.17) is 16.3 Å². The van der Waals surface area contributed by atoms with Crippen LogP contribution in [0.1, 0.15) is 18.4 Å². The normalized spacial score (nSPS) is 12.2. The number of anilines is 1. The molecule has 0 spiro atoms. The topological polar surface area (TPSA) is 104 Å². The molecule has 2 amide bonds. The molecule has 3 rings (SSSR count). The Kier molecular flexibility index (Phi) is 11.4. The maximum absolute atomic E-state index is 13.6. The third-order valence-electron chi connectivity index (χ3n) is 5.56. The van der Waals surface area contributed by atoms with Crippen LogP contribution < -0.4 is 21.3 Å². The van der Waals surface area contributed by atoms with Gasteiger partial charge in [-0.25, -0.2) is 18.6 Å². The number of nitrogens with one attached hydrogen (secondary N) is 4. The maximum atomic E-state index is 13.6. The maximum Gasteiger partial charge on any atom is 0.412 e. The molecule has 14 heteroatoms. The van der Waals surface area contributed by atoms with Gasteiger partial charge in [0, 0.05) is 18.1 Å². The Hall–Kier alpha value is -3.55. The Morgan fingerprint density at radius 3 is 2.62 bits per heavy atom. The molecule has 1 atom stereocenters. The summed E-state index contributed by atoms with van der Waals surface area (Å²) in [6.45, 7) is -1.49. The van der Waals surface area contributed by atoms with Crippen molar-refractivity contribution in [2.75, 3.05) is 31.6 Å². The van der Waals surface area contributed by atoms with E-state index < -0.39 is 42.4 Å². The number of ether oxygens (including phenoxy) is 1. The van der Waals surface area contributed by atoms with Crippen molar-refractivity contribution in [3.8, 4) is 0 Å². The van der Waals surface area contributed by atoms with E-state index in [2.05, 4.69) is 26.3 Å². The fraction of sp³-hybridized carbons (Fsp3) is 0.346. The number of aromatic nitrogens is 1. The molecule has 0 radical (unpaired) electrons. The lowest BCUT2D eigenvalue weighted by Gasteiger charge is -2.19. The molecule has 0 saturated heterocycles. The lowest BCUT2D eigenvalue weighted by atomic mass is 10.1. The molecule has 1 aromatic heterocycles. The van der Waals surface area contributed by atoms with Crippen molar-refractivity contribution >= 4 is 40.2 Å². The smallest absolute Gasteiger partial charge is 0.412 e. The van der Waals surface area contributed by atoms with E-state index >= 15 is 0 Å². The minimum atomic E-state index is -4.35. The fourth-order valence-electron chi connectivity index (χ4n) is 3.67. The summed E-state index contributed by atoms with van der Waals surface area (Å²) < 4.78 is 69.3. The summed E-state index contributed by atoms with van der Waals surface area (Å²) in [5.41, 5.74) is 0.451. The molecule has 0 saturated carbocycles. The first-order chi connectivity index (χ1) is 19.0. The van der Waals surface area contributed by atoms with E-state index in [0.717, 1.165) is 0 Å². The van der Waals surface area contributed by atoms with Crippen LogP contribution in [0.15, 0.2) is 48.7 Å². The molecule has 0 aliphatic rings. The van der Waals surface area contributed by atoms with Crippen LogP contribution in [0, 0.1) is 11.6 Å². The Morgan fingerprint density at radius 2 is 1.85 bits per heavy atom. The van der Waals surface area contributed by atoms with Crippen LogP contribution in [-0.4, -0.2) is 55.4 Å². The van der Waals surface area contributed by atoms with Gasteiger partial charge in [0.15, 0.2) is 0 Å². The number of carbonyl (C=O) groups is 2. The highest BCUT2D eigenvalue weighted by molar-refractivity contribution is 6.31. The number of alkyl halides is 3. The molecular formula is C26H27ClF5N5O3. The predicted molar refractivity (Wildman–Crippen MR) is 140 cm³/mol. The number of rotatable bonds is 13. The highest BCUT2D eigenvalue weighted by Crippen LogP contribution is 2.20. The van der Waals surface area contributed by atoms with E-state index in [-0.39, 0.29) is 49.9 Å². The van der Waals surface area contributed by atoms with E-state index in [0.29, 0.717) is 16.3 Å². The summed E-state index contributed by atoms with van der Waals surface area (Å²) in [6, 6.07) is 9.13. The highest BCUT2D eigenvalue weighted by Gasteiger charge is 2.26. The molecule has 2 aromatic carbocycles. The van der Waals surface area contributed by atoms with Crippen LogP contribution in [0.4, 0.5) is 32.6 Å². The number of halogens is 6. The summed E-state index contributed by atoms with van der Waals surface area (Å²) in [6.07, 6.45) is -3.35. The van der Waals surface area contributed by atoms with Crippen molar-refractivity contribution in [2.24, 2.45) is 0 Å². The van der Waals surface area contributed by atoms with E-state index in [9.17, 15) is 31.5 Å². The molecule has 1 heterocycles. The van der Waals surface area contributed by atoms with Gasteiger partial charge < -0.3 is 20.7 Å². The van der Waals surface area contributed by atoms with Crippen molar-refractivity contribution in [2.45, 2.75) is 31.6 Å². The molecule has 3 aromatic rings. The summed E-state index contributed by atoms with van der Waals surface area (Å²) in [7, 11) is 0. The van der Waals surface area contributed by atoms with E-state index in [1.807, 2.05) is 0 Å². The van der Waals surface area contributed by atoms with Crippen molar-refractivity contribution in [3.63, 3.8) is 0 Å². The van der Waals surface area contributed by atoms with Gasteiger partial charge in [0.2, 0.25) is 5.91 Å². The fourth-order valence-corrected chi connectivity index (χ4v) is 3.87. The highest BCUT2D eigenvalue weighted by atomic mass is 35.5. The minimum absolute atomic E-state index is 0.0198. The van der Waals surface area contributed by atoms with Gasteiger partial charge in [0.05, 0.1) is 24.2 Å². The molecule has 8 nitrogen and oxygen atoms in total. The third kappa shape index (κ3) is 10.5. The van der Waals surface area contributed by atoms with Crippen LogP contribution in [0.2, 0.25) is 5.02 Å². The molecule has 0 bridgehead atoms. The Labute approximate surface area is 231 Å². The van der Waals surface area contributed by atoms with Crippen LogP contribution in [-0.2, 0) is 16.1 Å². The molecule has 4 N–H and O–H groups in total. The van der Waals surface area contributed by atoms with E-state index in [1.54, 1.807) is 6.07 Å². The SMILES string of the molecule is O=C(CNCc1cccc(F)c1Cl)N[C@@H](CCCNCC(F)(F)F)COC(=O)Nc1cc2cc(F)ccc2cn1. The largest absolute Gasteiger partial charge is 0.447 e. The third-order valence-corrected chi connectivity index (χ3v) is 5.98. The van der Waals surface area contributed by atoms with Crippen molar-refractivity contribution in [1.29, 1.82) is 0 Å². The summed E-state index contributed by atoms with van der Waals surface area (Å²) in [4.78, 5) is 28.9. The lowest BCUT2D eigenvalue weighted by molar-refractivity contribution is -0.124. The number of fused-ring (bicyclic) bond motifs is 1. The number of pyridine rings is 1. The van der Waals surface area contributed by atoms with Crippen LogP contribution >= 0.6 is 11.6 Å². The zero-order valence-corrected chi connectivity index (χ0v) is 21.8. The quantitative estimate of drug-likeness (QED) is 0.167. The van der Waals surface area contributed by atoms with Gasteiger partial charge in [0.1, 0.15) is 24.1 Å². The first kappa shape index (κ1) is 31.0. The molecule has 40 heavy (non-hydrogen) atoms. The lowest BCUT2D eigenvalue weighted by Crippen LogP contribution is -2.43. The molecule has 0 aliphatic carbocycles. The Morgan fingerprint density at radius 1 is 1.05 bits per heavy atom. The predicted octanol–water partition coefficient (Wildman–Crippen LogP) is 4.92. The Balaban J connectivity index is 1.51. The van der Waals surface area contributed by atoms with Crippen LogP contribution in [0.25, 0.3) is 10.8 Å². The number of amides is 2. The van der Waals surface area contributed by atoms with E-state index in [1.165, 1.54) is 42.6 Å². The van der Waals surface area contributed by atoms with Gasteiger partial charge in [-0.05, 0) is 60.7 Å². The monoisotopic (exact) mass is 587 g/mol. The second kappa shape index (κ2) is 14.7. The average Bonchev–Trinajstić information content (AvgIpc) is 2.88. The number of carbonyl (C=O) groups excluding carboxylic acids is 2. The summed E-state index contributed by atoms with van der Waals surface area (Å²) in [5.74, 6) is -1.42. The van der Waals surface area contributed by atoms with Crippen LogP contribution in [0.3, 0.4) is 0 Å². The molecule has 0 fully saturated rings. The second-order valence-electron chi connectivity index (χ2n) is 8.80. The second-order valence-corrected chi connectivity index (χ2v) is 9.18. The number of hydrogen-bond acceptors (Lipinski definition) is 6. The molecule has 216 valence electrons. The molecular weight excluding hydrogens is 561 g/mol. The number of nitrogens with zero attached hydrogens (tertiary/aromatic N) is 1. The van der Waals surface area contributed by atoms with Gasteiger partial charge in [-0.2, -0.15) is 13.2 Å². The summed E-state index contributed by atoms with van der Waals surface area (Å²) in [5, 5.41) is 11.3. The van der Waals surface area contributed by atoms with Gasteiger partial charge in [0.25, 0.3) is 0 Å². The number of hydrogen-bond donors (Lipinski definition) is 4. The zero-order chi connectivity index (χ0) is 29.1. The Bertz CT molecular complexity index is 1310. The van der Waals surface area contributed by atoms with Crippen molar-refractivity contribution in [1.82, 2.24) is 20.9 Å². The van der Waals surface area contributed by atoms with Crippen molar-refractivity contribution < 1.29 is 36.3 Å². The van der Waals surface area contributed by atoms with Crippen molar-refractivity contribution in [3.05, 3.63) is 70.9 Å². The first-order valence-corrected chi connectivity index (χ1v) is 12.6. The average molecular weight is 588 g/mol. The number of benzene rings is 2. The van der Waals surface area contributed by atoms with Crippen LogP contribution in [0.5, 0.6) is 0 Å². The minimum Gasteiger partial charge on any atom is -0.447 e. The molecule has 0 unspecified atom stereocenters. The van der Waals surface area contributed by atoms with Gasteiger partial charge >= 0.3 is 12.3 Å². The summed E-state index contributed by atoms with van der Waals surface area (Å²) >= 11 is 5.90. The first-order valence-electron chi connectivity index (χ1n) is 12.2.